The molecule has 0 aliphatic carbocycles. The number of nitrogens with zero attached hydrogens (tertiary/aromatic N) is 4. The van der Waals surface area contributed by atoms with Crippen molar-refractivity contribution in [2.24, 2.45) is 5.92 Å². The molecule has 152 valence electrons. The maximum atomic E-state index is 12.8. The molecule has 1 aromatic carbocycles. The van der Waals surface area contributed by atoms with Crippen molar-refractivity contribution >= 4 is 16.9 Å². The number of carbonyl (C=O) groups is 1. The molecule has 0 radical (unpaired) electrons. The van der Waals surface area contributed by atoms with E-state index in [9.17, 15) is 4.79 Å². The molecule has 1 amide bonds. The summed E-state index contributed by atoms with van der Waals surface area (Å²) in [4.78, 5) is 19.7. The maximum Gasteiger partial charge on any atom is 0.227 e. The van der Waals surface area contributed by atoms with Crippen molar-refractivity contribution in [2.75, 3.05) is 6.54 Å². The van der Waals surface area contributed by atoms with E-state index in [1.54, 1.807) is 6.20 Å². The Morgan fingerprint density at radius 3 is 2.83 bits per heavy atom. The lowest BCUT2D eigenvalue weighted by Gasteiger charge is -2.21. The summed E-state index contributed by atoms with van der Waals surface area (Å²) < 4.78 is 2.27. The second-order valence-electron chi connectivity index (χ2n) is 8.22. The monoisotopic (exact) mass is 399 g/mol. The van der Waals surface area contributed by atoms with E-state index in [1.807, 2.05) is 42.6 Å². The van der Waals surface area contributed by atoms with Crippen LogP contribution in [0.5, 0.6) is 0 Å². The first-order valence-electron chi connectivity index (χ1n) is 10.5. The number of hydrogen-bond donors (Lipinski definition) is 1. The van der Waals surface area contributed by atoms with Crippen molar-refractivity contribution in [3.05, 3.63) is 72.7 Å². The summed E-state index contributed by atoms with van der Waals surface area (Å²) >= 11 is 0. The minimum atomic E-state index is 0.222. The average Bonchev–Trinajstić information content (AvgIpc) is 3.49. The number of aromatic nitrogens is 4. The van der Waals surface area contributed by atoms with Crippen LogP contribution in [0.3, 0.4) is 0 Å². The van der Waals surface area contributed by atoms with Crippen molar-refractivity contribution in [1.82, 2.24) is 24.6 Å². The van der Waals surface area contributed by atoms with Gasteiger partial charge in [0.25, 0.3) is 0 Å². The molecule has 5 rings (SSSR count). The normalized spacial score (nSPS) is 18.9. The number of rotatable bonds is 5. The van der Waals surface area contributed by atoms with Gasteiger partial charge in [-0.1, -0.05) is 30.3 Å². The van der Waals surface area contributed by atoms with Gasteiger partial charge in [0.05, 0.1) is 29.3 Å². The van der Waals surface area contributed by atoms with E-state index >= 15 is 0 Å². The molecular weight excluding hydrogens is 374 g/mol. The summed E-state index contributed by atoms with van der Waals surface area (Å²) in [5, 5.41) is 6.84. The Balaban J connectivity index is 1.28. The maximum absolute atomic E-state index is 12.8. The van der Waals surface area contributed by atoms with E-state index in [0.717, 1.165) is 47.4 Å². The zero-order valence-corrected chi connectivity index (χ0v) is 17.0. The molecule has 0 spiro atoms. The third-order valence-electron chi connectivity index (χ3n) is 6.05. The Hall–Kier alpha value is -3.41. The van der Waals surface area contributed by atoms with E-state index in [0.29, 0.717) is 12.3 Å². The molecule has 0 bridgehead atoms. The lowest BCUT2D eigenvalue weighted by molar-refractivity contribution is -0.131. The highest BCUT2D eigenvalue weighted by molar-refractivity contribution is 5.80. The zero-order chi connectivity index (χ0) is 20.5. The average molecular weight is 399 g/mol. The minimum Gasteiger partial charge on any atom is -0.346 e. The molecular formula is C24H25N5O. The third kappa shape index (κ3) is 3.61. The minimum absolute atomic E-state index is 0.222. The zero-order valence-electron chi connectivity index (χ0n) is 17.0. The number of amides is 1. The Labute approximate surface area is 175 Å². The second kappa shape index (κ2) is 7.78. The highest BCUT2D eigenvalue weighted by Crippen LogP contribution is 2.27. The molecule has 0 unspecified atom stereocenters. The number of aromatic amines is 1. The molecule has 1 saturated heterocycles. The van der Waals surface area contributed by atoms with Gasteiger partial charge in [0.15, 0.2) is 0 Å². The van der Waals surface area contributed by atoms with Gasteiger partial charge < -0.3 is 9.47 Å². The SMILES string of the molecule is C[C@@H]1C[C@H](Cn2ccc3nc(-c4cn[nH]c4)ccc32)CN1C(=O)Cc1ccccc1. The van der Waals surface area contributed by atoms with Gasteiger partial charge in [0.1, 0.15) is 0 Å². The number of likely N-dealkylation sites (tertiary alicyclic amines) is 1. The predicted molar refractivity (Wildman–Crippen MR) is 117 cm³/mol. The molecule has 2 atom stereocenters. The summed E-state index contributed by atoms with van der Waals surface area (Å²) in [6.45, 7) is 3.87. The van der Waals surface area contributed by atoms with E-state index in [4.69, 9.17) is 4.98 Å². The van der Waals surface area contributed by atoms with E-state index in [2.05, 4.69) is 44.9 Å². The molecule has 30 heavy (non-hydrogen) atoms. The van der Waals surface area contributed by atoms with Crippen LogP contribution in [-0.4, -0.2) is 43.1 Å². The standard InChI is InChI=1S/C24H25N5O/c1-17-11-19(16-29(17)24(30)12-18-5-3-2-4-6-18)15-28-10-9-22-23(28)8-7-21(27-22)20-13-25-26-14-20/h2-10,13-14,17,19H,11-12,15-16H2,1H3,(H,25,26)/t17-,19-/m1/s1. The van der Waals surface area contributed by atoms with Crippen LogP contribution in [0.2, 0.25) is 0 Å². The highest BCUT2D eigenvalue weighted by Gasteiger charge is 2.32. The predicted octanol–water partition coefficient (Wildman–Crippen LogP) is 3.91. The smallest absolute Gasteiger partial charge is 0.227 e. The molecule has 4 aromatic rings. The number of H-pyrrole nitrogens is 1. The van der Waals surface area contributed by atoms with Crippen LogP contribution in [0.15, 0.2) is 67.1 Å². The van der Waals surface area contributed by atoms with Crippen LogP contribution in [-0.2, 0) is 17.8 Å². The summed E-state index contributed by atoms with van der Waals surface area (Å²) in [5.41, 5.74) is 5.10. The Bertz CT molecular complexity index is 1150. The summed E-state index contributed by atoms with van der Waals surface area (Å²) in [7, 11) is 0. The number of carbonyl (C=O) groups excluding carboxylic acids is 1. The highest BCUT2D eigenvalue weighted by atomic mass is 16.2. The van der Waals surface area contributed by atoms with Crippen molar-refractivity contribution in [2.45, 2.75) is 32.4 Å². The van der Waals surface area contributed by atoms with Gasteiger partial charge >= 0.3 is 0 Å². The van der Waals surface area contributed by atoms with Crippen LogP contribution in [0.4, 0.5) is 0 Å². The van der Waals surface area contributed by atoms with Crippen LogP contribution in [0.1, 0.15) is 18.9 Å². The Morgan fingerprint density at radius 1 is 1.17 bits per heavy atom. The van der Waals surface area contributed by atoms with Gasteiger partial charge in [-0.3, -0.25) is 9.89 Å². The number of hydrogen-bond acceptors (Lipinski definition) is 3. The molecule has 6 heteroatoms. The van der Waals surface area contributed by atoms with Gasteiger partial charge in [-0.05, 0) is 43.0 Å². The van der Waals surface area contributed by atoms with Crippen molar-refractivity contribution in [3.8, 4) is 11.3 Å². The molecule has 1 fully saturated rings. The van der Waals surface area contributed by atoms with Gasteiger partial charge in [-0.2, -0.15) is 5.10 Å². The number of pyridine rings is 1. The van der Waals surface area contributed by atoms with Crippen molar-refractivity contribution < 1.29 is 4.79 Å². The third-order valence-corrected chi connectivity index (χ3v) is 6.05. The lowest BCUT2D eigenvalue weighted by Crippen LogP contribution is -2.35. The summed E-state index contributed by atoms with van der Waals surface area (Å²) in [5.74, 6) is 0.670. The first-order chi connectivity index (χ1) is 14.7. The van der Waals surface area contributed by atoms with Crippen molar-refractivity contribution in [1.29, 1.82) is 0 Å². The van der Waals surface area contributed by atoms with Crippen LogP contribution in [0, 0.1) is 5.92 Å². The molecule has 1 aliphatic heterocycles. The number of benzene rings is 1. The van der Waals surface area contributed by atoms with Gasteiger partial charge in [-0.25, -0.2) is 4.98 Å². The van der Waals surface area contributed by atoms with E-state index in [-0.39, 0.29) is 11.9 Å². The lowest BCUT2D eigenvalue weighted by atomic mass is 10.1. The summed E-state index contributed by atoms with van der Waals surface area (Å²) in [6, 6.07) is 16.5. The molecule has 3 aromatic heterocycles. The fourth-order valence-electron chi connectivity index (χ4n) is 4.56. The first-order valence-corrected chi connectivity index (χ1v) is 10.5. The largest absolute Gasteiger partial charge is 0.346 e. The van der Waals surface area contributed by atoms with Crippen LogP contribution < -0.4 is 0 Å². The molecule has 1 aliphatic rings. The first kappa shape index (κ1) is 18.6. The van der Waals surface area contributed by atoms with Gasteiger partial charge in [-0.15, -0.1) is 0 Å². The molecule has 1 N–H and O–H groups in total. The van der Waals surface area contributed by atoms with Gasteiger partial charge in [0, 0.05) is 37.1 Å². The van der Waals surface area contributed by atoms with Crippen LogP contribution in [0.25, 0.3) is 22.3 Å². The van der Waals surface area contributed by atoms with E-state index < -0.39 is 0 Å². The second-order valence-corrected chi connectivity index (χ2v) is 8.22. The number of fused-ring (bicyclic) bond motifs is 1. The molecule has 0 saturated carbocycles. The Morgan fingerprint density at radius 2 is 2.03 bits per heavy atom. The summed E-state index contributed by atoms with van der Waals surface area (Å²) in [6.07, 6.45) is 7.25. The molecule has 4 heterocycles. The number of nitrogens with one attached hydrogen (secondary N) is 1. The fraction of sp³-hybridized carbons (Fsp3) is 0.292. The Kier molecular flexibility index (Phi) is 4.83. The molecule has 6 nitrogen and oxygen atoms in total. The van der Waals surface area contributed by atoms with Gasteiger partial charge in [0.2, 0.25) is 5.91 Å². The van der Waals surface area contributed by atoms with E-state index in [1.165, 1.54) is 0 Å². The topological polar surface area (TPSA) is 66.8 Å². The fourth-order valence-corrected chi connectivity index (χ4v) is 4.56. The quantitative estimate of drug-likeness (QED) is 0.553. The van der Waals surface area contributed by atoms with Crippen LogP contribution >= 0.6 is 0 Å². The van der Waals surface area contributed by atoms with Crippen molar-refractivity contribution in [3.63, 3.8) is 0 Å².